The fourth-order valence-corrected chi connectivity index (χ4v) is 1.45. The lowest BCUT2D eigenvalue weighted by atomic mass is 10.2. The predicted octanol–water partition coefficient (Wildman–Crippen LogP) is 4.29. The highest BCUT2D eigenvalue weighted by atomic mass is 14.8. The zero-order valence-corrected chi connectivity index (χ0v) is 11.6. The zero-order valence-electron chi connectivity index (χ0n) is 11.6. The van der Waals surface area contributed by atoms with Gasteiger partial charge in [0, 0.05) is 13.1 Å². The highest BCUT2D eigenvalue weighted by molar-refractivity contribution is 6.40. The highest BCUT2D eigenvalue weighted by Gasteiger charge is 1.95. The number of hydrogen-bond donors (Lipinski definition) is 0. The molecule has 0 aromatic rings. The van der Waals surface area contributed by atoms with Crippen LogP contribution < -0.4 is 0 Å². The van der Waals surface area contributed by atoms with Gasteiger partial charge in [0.1, 0.15) is 0 Å². The number of hydrogen-bond acceptors (Lipinski definition) is 2. The first kappa shape index (κ1) is 15.3. The summed E-state index contributed by atoms with van der Waals surface area (Å²) in [6.07, 6.45) is 7.50. The Kier molecular flexibility index (Phi) is 10.4. The lowest BCUT2D eigenvalue weighted by Gasteiger charge is -2.01. The van der Waals surface area contributed by atoms with Crippen LogP contribution in [0.5, 0.6) is 0 Å². The molecule has 0 aromatic heterocycles. The quantitative estimate of drug-likeness (QED) is 0.412. The number of rotatable bonds is 9. The SMILES string of the molecule is CCCCCN=C(C)C(C)=NCCCCC. The Hall–Kier alpha value is -0.660. The molecule has 0 radical (unpaired) electrons. The summed E-state index contributed by atoms with van der Waals surface area (Å²) in [7, 11) is 0. The van der Waals surface area contributed by atoms with Gasteiger partial charge in [0.15, 0.2) is 0 Å². The van der Waals surface area contributed by atoms with E-state index in [1.54, 1.807) is 0 Å². The van der Waals surface area contributed by atoms with Crippen LogP contribution in [0.3, 0.4) is 0 Å². The summed E-state index contributed by atoms with van der Waals surface area (Å²) >= 11 is 0. The molecule has 16 heavy (non-hydrogen) atoms. The Morgan fingerprint density at radius 2 is 1.06 bits per heavy atom. The van der Waals surface area contributed by atoms with Gasteiger partial charge in [0.2, 0.25) is 0 Å². The van der Waals surface area contributed by atoms with Crippen LogP contribution in [0.2, 0.25) is 0 Å². The van der Waals surface area contributed by atoms with Gasteiger partial charge >= 0.3 is 0 Å². The molecule has 0 aliphatic rings. The Balaban J connectivity index is 3.81. The van der Waals surface area contributed by atoms with Crippen molar-refractivity contribution in [3.8, 4) is 0 Å². The topological polar surface area (TPSA) is 24.7 Å². The third-order valence-corrected chi connectivity index (χ3v) is 2.74. The molecule has 94 valence electrons. The molecule has 0 spiro atoms. The van der Waals surface area contributed by atoms with Crippen LogP contribution in [0.15, 0.2) is 9.98 Å². The summed E-state index contributed by atoms with van der Waals surface area (Å²) in [6, 6.07) is 0. The second-order valence-corrected chi connectivity index (χ2v) is 4.35. The van der Waals surface area contributed by atoms with Crippen molar-refractivity contribution >= 4 is 11.4 Å². The summed E-state index contributed by atoms with van der Waals surface area (Å²) in [5.41, 5.74) is 2.24. The molecular formula is C14H28N2. The van der Waals surface area contributed by atoms with E-state index in [0.717, 1.165) is 24.5 Å². The molecular weight excluding hydrogens is 196 g/mol. The van der Waals surface area contributed by atoms with Crippen LogP contribution in [0.4, 0.5) is 0 Å². The molecule has 0 fully saturated rings. The molecule has 0 unspecified atom stereocenters. The molecule has 0 aromatic carbocycles. The summed E-state index contributed by atoms with van der Waals surface area (Å²) in [5, 5.41) is 0. The maximum atomic E-state index is 4.55. The maximum Gasteiger partial charge on any atom is 0.0524 e. The predicted molar refractivity (Wildman–Crippen MR) is 75.0 cm³/mol. The maximum absolute atomic E-state index is 4.55. The normalized spacial score (nSPS) is 13.2. The molecule has 0 saturated heterocycles. The van der Waals surface area contributed by atoms with Gasteiger partial charge in [-0.15, -0.1) is 0 Å². The van der Waals surface area contributed by atoms with Crippen molar-refractivity contribution in [1.82, 2.24) is 0 Å². The Morgan fingerprint density at radius 1 is 0.688 bits per heavy atom. The van der Waals surface area contributed by atoms with E-state index in [4.69, 9.17) is 0 Å². The molecule has 0 amide bonds. The van der Waals surface area contributed by atoms with Crippen LogP contribution in [0.1, 0.15) is 66.2 Å². The van der Waals surface area contributed by atoms with Gasteiger partial charge in [-0.3, -0.25) is 9.98 Å². The fourth-order valence-electron chi connectivity index (χ4n) is 1.45. The molecule has 0 bridgehead atoms. The summed E-state index contributed by atoms with van der Waals surface area (Å²) in [5.74, 6) is 0. The van der Waals surface area contributed by atoms with Crippen molar-refractivity contribution < 1.29 is 0 Å². The van der Waals surface area contributed by atoms with E-state index >= 15 is 0 Å². The lowest BCUT2D eigenvalue weighted by Crippen LogP contribution is -2.07. The molecule has 0 aliphatic carbocycles. The standard InChI is InChI=1S/C14H28N2/c1-5-7-9-11-15-13(3)14(4)16-12-10-8-6-2/h5-12H2,1-4H3. The molecule has 0 atom stereocenters. The van der Waals surface area contributed by atoms with E-state index in [2.05, 4.69) is 37.7 Å². The van der Waals surface area contributed by atoms with E-state index in [0.29, 0.717) is 0 Å². The van der Waals surface area contributed by atoms with Crippen LogP contribution in [0.25, 0.3) is 0 Å². The van der Waals surface area contributed by atoms with Gasteiger partial charge in [-0.25, -0.2) is 0 Å². The van der Waals surface area contributed by atoms with Gasteiger partial charge in [0.25, 0.3) is 0 Å². The molecule has 2 nitrogen and oxygen atoms in total. The zero-order chi connectivity index (χ0) is 12.2. The van der Waals surface area contributed by atoms with Gasteiger partial charge in [0.05, 0.1) is 11.4 Å². The Labute approximate surface area is 101 Å². The second-order valence-electron chi connectivity index (χ2n) is 4.35. The molecule has 0 rings (SSSR count). The number of nitrogens with zero attached hydrogens (tertiary/aromatic N) is 2. The first-order chi connectivity index (χ1) is 7.72. The van der Waals surface area contributed by atoms with E-state index < -0.39 is 0 Å². The van der Waals surface area contributed by atoms with Gasteiger partial charge in [-0.05, 0) is 26.7 Å². The minimum absolute atomic E-state index is 0.960. The van der Waals surface area contributed by atoms with Gasteiger partial charge < -0.3 is 0 Å². The van der Waals surface area contributed by atoms with Crippen molar-refractivity contribution in [2.45, 2.75) is 66.2 Å². The average molecular weight is 224 g/mol. The van der Waals surface area contributed by atoms with Crippen LogP contribution >= 0.6 is 0 Å². The lowest BCUT2D eigenvalue weighted by molar-refractivity contribution is 0.726. The van der Waals surface area contributed by atoms with Crippen molar-refractivity contribution in [1.29, 1.82) is 0 Å². The van der Waals surface area contributed by atoms with E-state index in [-0.39, 0.29) is 0 Å². The molecule has 0 saturated carbocycles. The van der Waals surface area contributed by atoms with Crippen LogP contribution in [0, 0.1) is 0 Å². The largest absolute Gasteiger partial charge is 0.288 e. The first-order valence-corrected chi connectivity index (χ1v) is 6.74. The van der Waals surface area contributed by atoms with Gasteiger partial charge in [-0.1, -0.05) is 39.5 Å². The Morgan fingerprint density at radius 3 is 1.38 bits per heavy atom. The number of aliphatic imine (C=N–C) groups is 2. The molecule has 0 heterocycles. The summed E-state index contributed by atoms with van der Waals surface area (Å²) < 4.78 is 0. The molecule has 0 N–H and O–H groups in total. The average Bonchev–Trinajstić information content (AvgIpc) is 2.29. The monoisotopic (exact) mass is 224 g/mol. The van der Waals surface area contributed by atoms with Crippen molar-refractivity contribution in [2.75, 3.05) is 13.1 Å². The van der Waals surface area contributed by atoms with Crippen molar-refractivity contribution in [3.05, 3.63) is 0 Å². The molecule has 0 aliphatic heterocycles. The smallest absolute Gasteiger partial charge is 0.0524 e. The van der Waals surface area contributed by atoms with Crippen LogP contribution in [-0.2, 0) is 0 Å². The fraction of sp³-hybridized carbons (Fsp3) is 0.857. The second kappa shape index (κ2) is 10.8. The van der Waals surface area contributed by atoms with E-state index in [1.807, 2.05) is 0 Å². The van der Waals surface area contributed by atoms with E-state index in [1.165, 1.54) is 38.5 Å². The van der Waals surface area contributed by atoms with Crippen molar-refractivity contribution in [3.63, 3.8) is 0 Å². The third-order valence-electron chi connectivity index (χ3n) is 2.74. The highest BCUT2D eigenvalue weighted by Crippen LogP contribution is 1.97. The number of unbranched alkanes of at least 4 members (excludes halogenated alkanes) is 4. The Bertz CT molecular complexity index is 193. The third kappa shape index (κ3) is 8.63. The summed E-state index contributed by atoms with van der Waals surface area (Å²) in [4.78, 5) is 9.09. The van der Waals surface area contributed by atoms with Crippen molar-refractivity contribution in [2.24, 2.45) is 9.98 Å². The first-order valence-electron chi connectivity index (χ1n) is 6.74. The van der Waals surface area contributed by atoms with Gasteiger partial charge in [-0.2, -0.15) is 0 Å². The summed E-state index contributed by atoms with van der Waals surface area (Å²) in [6.45, 7) is 10.5. The minimum Gasteiger partial charge on any atom is -0.288 e. The van der Waals surface area contributed by atoms with E-state index in [9.17, 15) is 0 Å². The van der Waals surface area contributed by atoms with Crippen LogP contribution in [-0.4, -0.2) is 24.5 Å². The molecule has 2 heteroatoms. The minimum atomic E-state index is 0.960.